The third-order valence-electron chi connectivity index (χ3n) is 1.26. The summed E-state index contributed by atoms with van der Waals surface area (Å²) in [5.41, 5.74) is -1.00. The lowest BCUT2D eigenvalue weighted by molar-refractivity contribution is -0.0598. The number of nitrogens with zero attached hydrogens (tertiary/aromatic N) is 2. The zero-order valence-corrected chi connectivity index (χ0v) is 7.58. The number of halogens is 5. The first-order valence-corrected chi connectivity index (χ1v) is 3.87. The van der Waals surface area contributed by atoms with E-state index in [2.05, 4.69) is 9.98 Å². The lowest BCUT2D eigenvalue weighted by atomic mass is 10.2. The Kier molecular flexibility index (Phi) is 2.98. The molecule has 0 atom stereocenters. The largest absolute Gasteiger partial charge is 0.429 e. The molecule has 2 nitrogen and oxygen atoms in total. The summed E-state index contributed by atoms with van der Waals surface area (Å²) in [5.74, 6) is 0. The molecular weight excluding hydrogens is 228 g/mol. The fourth-order valence-electron chi connectivity index (χ4n) is 0.658. The number of aliphatic imine (C=N–C) groups is 2. The van der Waals surface area contributed by atoms with Crippen molar-refractivity contribution in [3.05, 3.63) is 10.2 Å². The minimum Gasteiger partial charge on any atom is -0.236 e. The molecule has 13 heavy (non-hydrogen) atoms. The highest BCUT2D eigenvalue weighted by atomic mass is 35.5. The highest BCUT2D eigenvalue weighted by Gasteiger charge is 2.36. The molecule has 0 fully saturated rings. The predicted molar refractivity (Wildman–Crippen MR) is 45.3 cm³/mol. The van der Waals surface area contributed by atoms with Crippen LogP contribution < -0.4 is 0 Å². The van der Waals surface area contributed by atoms with E-state index in [0.29, 0.717) is 0 Å². The lowest BCUT2D eigenvalue weighted by Crippen LogP contribution is -2.22. The summed E-state index contributed by atoms with van der Waals surface area (Å²) in [6, 6.07) is 0. The number of allylic oxidation sites excluding steroid dienone is 1. The molecule has 0 aromatic carbocycles. The third kappa shape index (κ3) is 2.70. The SMILES string of the molecule is FC(F)(F)C1=NC=NC(Cl)=C(Cl)C1. The van der Waals surface area contributed by atoms with E-state index >= 15 is 0 Å². The van der Waals surface area contributed by atoms with Crippen LogP contribution in [-0.4, -0.2) is 18.2 Å². The minimum absolute atomic E-state index is 0.161. The van der Waals surface area contributed by atoms with Crippen LogP contribution in [0.2, 0.25) is 0 Å². The maximum atomic E-state index is 12.1. The van der Waals surface area contributed by atoms with Gasteiger partial charge in [-0.15, -0.1) is 0 Å². The number of hydrogen-bond donors (Lipinski definition) is 0. The summed E-state index contributed by atoms with van der Waals surface area (Å²) < 4.78 is 36.3. The van der Waals surface area contributed by atoms with Crippen molar-refractivity contribution >= 4 is 35.3 Å². The van der Waals surface area contributed by atoms with E-state index in [-0.39, 0.29) is 10.2 Å². The second-order valence-electron chi connectivity index (χ2n) is 2.19. The number of rotatable bonds is 0. The summed E-state index contributed by atoms with van der Waals surface area (Å²) in [6.45, 7) is 0. The Labute approximate surface area is 81.8 Å². The Balaban J connectivity index is 2.96. The zero-order valence-electron chi connectivity index (χ0n) is 6.07. The second kappa shape index (κ2) is 3.67. The van der Waals surface area contributed by atoms with Gasteiger partial charge in [-0.05, 0) is 0 Å². The van der Waals surface area contributed by atoms with E-state index < -0.39 is 18.3 Å². The van der Waals surface area contributed by atoms with Gasteiger partial charge in [0.1, 0.15) is 17.2 Å². The number of hydrogen-bond acceptors (Lipinski definition) is 2. The Morgan fingerprint density at radius 3 is 2.46 bits per heavy atom. The zero-order chi connectivity index (χ0) is 10.1. The van der Waals surface area contributed by atoms with Gasteiger partial charge in [-0.3, -0.25) is 0 Å². The van der Waals surface area contributed by atoms with Crippen molar-refractivity contribution in [2.75, 3.05) is 0 Å². The molecule has 1 heterocycles. The average Bonchev–Trinajstić information content (AvgIpc) is 2.13. The quantitative estimate of drug-likeness (QED) is 0.572. The average molecular weight is 231 g/mol. The van der Waals surface area contributed by atoms with Crippen LogP contribution in [0.4, 0.5) is 13.2 Å². The molecule has 0 bridgehead atoms. The molecule has 1 rings (SSSR count). The Hall–Kier alpha value is -0.550. The summed E-state index contributed by atoms with van der Waals surface area (Å²) in [4.78, 5) is 6.45. The number of alkyl halides is 3. The summed E-state index contributed by atoms with van der Waals surface area (Å²) in [7, 11) is 0. The van der Waals surface area contributed by atoms with E-state index in [4.69, 9.17) is 23.2 Å². The van der Waals surface area contributed by atoms with Crippen molar-refractivity contribution in [2.24, 2.45) is 9.98 Å². The van der Waals surface area contributed by atoms with Gasteiger partial charge in [0.05, 0.1) is 5.03 Å². The van der Waals surface area contributed by atoms with Crippen molar-refractivity contribution in [3.63, 3.8) is 0 Å². The maximum absolute atomic E-state index is 12.1. The van der Waals surface area contributed by atoms with Gasteiger partial charge in [0.25, 0.3) is 0 Å². The van der Waals surface area contributed by atoms with Crippen molar-refractivity contribution in [3.8, 4) is 0 Å². The van der Waals surface area contributed by atoms with Gasteiger partial charge in [-0.2, -0.15) is 13.2 Å². The van der Waals surface area contributed by atoms with Crippen LogP contribution in [-0.2, 0) is 0 Å². The molecule has 1 aliphatic rings. The van der Waals surface area contributed by atoms with Gasteiger partial charge in [-0.25, -0.2) is 9.98 Å². The van der Waals surface area contributed by atoms with Crippen LogP contribution in [0.5, 0.6) is 0 Å². The van der Waals surface area contributed by atoms with E-state index in [0.717, 1.165) is 6.34 Å². The van der Waals surface area contributed by atoms with Gasteiger partial charge in [0, 0.05) is 6.42 Å². The first kappa shape index (κ1) is 10.5. The van der Waals surface area contributed by atoms with Crippen LogP contribution >= 0.6 is 23.2 Å². The predicted octanol–water partition coefficient (Wildman–Crippen LogP) is 3.07. The molecular formula is C6H3Cl2F3N2. The Bertz CT molecular complexity index is 303. The molecule has 0 saturated carbocycles. The van der Waals surface area contributed by atoms with Crippen LogP contribution in [0.3, 0.4) is 0 Å². The van der Waals surface area contributed by atoms with Crippen LogP contribution in [0.25, 0.3) is 0 Å². The van der Waals surface area contributed by atoms with Crippen LogP contribution in [0.15, 0.2) is 20.2 Å². The lowest BCUT2D eigenvalue weighted by Gasteiger charge is -2.07. The third-order valence-corrected chi connectivity index (χ3v) is 1.99. The monoisotopic (exact) mass is 230 g/mol. The first-order valence-electron chi connectivity index (χ1n) is 3.12. The molecule has 0 aliphatic carbocycles. The van der Waals surface area contributed by atoms with Crippen molar-refractivity contribution in [1.82, 2.24) is 0 Å². The van der Waals surface area contributed by atoms with Gasteiger partial charge >= 0.3 is 6.18 Å². The van der Waals surface area contributed by atoms with Gasteiger partial charge < -0.3 is 0 Å². The van der Waals surface area contributed by atoms with Crippen molar-refractivity contribution in [2.45, 2.75) is 12.6 Å². The second-order valence-corrected chi connectivity index (χ2v) is 3.00. The van der Waals surface area contributed by atoms with Crippen LogP contribution in [0, 0.1) is 0 Å². The van der Waals surface area contributed by atoms with Gasteiger partial charge in [0.2, 0.25) is 0 Å². The molecule has 1 aliphatic heterocycles. The molecule has 0 saturated heterocycles. The summed E-state index contributed by atoms with van der Waals surface area (Å²) in [6.07, 6.45) is -4.29. The van der Waals surface area contributed by atoms with Crippen LogP contribution in [0.1, 0.15) is 6.42 Å². The van der Waals surface area contributed by atoms with Gasteiger partial charge in [-0.1, -0.05) is 23.2 Å². The van der Waals surface area contributed by atoms with Crippen molar-refractivity contribution < 1.29 is 13.2 Å². The molecule has 0 N–H and O–H groups in total. The normalized spacial score (nSPS) is 18.7. The standard InChI is InChI=1S/C6H3Cl2F3N2/c7-3-1-4(6(9,10)11)12-2-13-5(3)8/h2H,1H2. The summed E-state index contributed by atoms with van der Waals surface area (Å²) >= 11 is 10.8. The van der Waals surface area contributed by atoms with E-state index in [1.54, 1.807) is 0 Å². The molecule has 0 aromatic rings. The molecule has 0 radical (unpaired) electrons. The first-order chi connectivity index (χ1) is 5.91. The smallest absolute Gasteiger partial charge is 0.236 e. The minimum atomic E-state index is -4.49. The van der Waals surface area contributed by atoms with Gasteiger partial charge in [0.15, 0.2) is 0 Å². The fourth-order valence-corrected chi connectivity index (χ4v) is 0.944. The topological polar surface area (TPSA) is 24.7 Å². The maximum Gasteiger partial charge on any atom is 0.429 e. The van der Waals surface area contributed by atoms with E-state index in [1.807, 2.05) is 0 Å². The highest BCUT2D eigenvalue weighted by Crippen LogP contribution is 2.27. The van der Waals surface area contributed by atoms with E-state index in [1.165, 1.54) is 0 Å². The Morgan fingerprint density at radius 1 is 1.31 bits per heavy atom. The molecule has 72 valence electrons. The Morgan fingerprint density at radius 2 is 1.92 bits per heavy atom. The molecule has 0 aromatic heterocycles. The molecule has 0 spiro atoms. The van der Waals surface area contributed by atoms with Crippen molar-refractivity contribution in [1.29, 1.82) is 0 Å². The highest BCUT2D eigenvalue weighted by molar-refractivity contribution is 6.40. The summed E-state index contributed by atoms with van der Waals surface area (Å²) in [5, 5.41) is -0.323. The molecule has 7 heteroatoms. The van der Waals surface area contributed by atoms with E-state index in [9.17, 15) is 13.2 Å². The molecule has 0 unspecified atom stereocenters. The fraction of sp³-hybridized carbons (Fsp3) is 0.333. The molecule has 0 amide bonds.